The van der Waals surface area contributed by atoms with E-state index < -0.39 is 10.0 Å². The third-order valence-corrected chi connectivity index (χ3v) is 4.63. The number of hydrogen-bond donors (Lipinski definition) is 2. The molecule has 2 saturated heterocycles. The summed E-state index contributed by atoms with van der Waals surface area (Å²) < 4.78 is 24.6. The smallest absolute Gasteiger partial charge is 0.208 e. The fourth-order valence-electron chi connectivity index (χ4n) is 3.25. The van der Waals surface area contributed by atoms with E-state index in [9.17, 15) is 8.42 Å². The van der Waals surface area contributed by atoms with Gasteiger partial charge >= 0.3 is 0 Å². The van der Waals surface area contributed by atoms with Gasteiger partial charge in [0.1, 0.15) is 0 Å². The van der Waals surface area contributed by atoms with Crippen LogP contribution < -0.4 is 10.5 Å². The lowest BCUT2D eigenvalue weighted by Gasteiger charge is -2.48. The van der Waals surface area contributed by atoms with E-state index in [1.165, 1.54) is 25.5 Å². The van der Waals surface area contributed by atoms with Gasteiger partial charge in [-0.05, 0) is 25.7 Å². The molecular formula is C11H23N3O2S. The molecule has 3 N–H and O–H groups in total. The van der Waals surface area contributed by atoms with Crippen molar-refractivity contribution < 1.29 is 8.42 Å². The molecule has 2 aliphatic heterocycles. The van der Waals surface area contributed by atoms with E-state index in [1.54, 1.807) is 0 Å². The highest BCUT2D eigenvalue weighted by Crippen LogP contribution is 2.32. The Hall–Kier alpha value is -0.170. The van der Waals surface area contributed by atoms with Crippen LogP contribution in [0.3, 0.4) is 0 Å². The van der Waals surface area contributed by atoms with Gasteiger partial charge in [0.2, 0.25) is 10.0 Å². The third kappa shape index (κ3) is 3.64. The van der Waals surface area contributed by atoms with Gasteiger partial charge in [-0.25, -0.2) is 13.1 Å². The molecule has 2 unspecified atom stereocenters. The summed E-state index contributed by atoms with van der Waals surface area (Å²) in [6.45, 7) is 1.33. The maximum Gasteiger partial charge on any atom is 0.208 e. The summed E-state index contributed by atoms with van der Waals surface area (Å²) in [5.74, 6) is 0. The molecule has 0 radical (unpaired) electrons. The van der Waals surface area contributed by atoms with Crippen molar-refractivity contribution in [3.8, 4) is 0 Å². The van der Waals surface area contributed by atoms with E-state index >= 15 is 0 Å². The first-order chi connectivity index (χ1) is 7.96. The normalized spacial score (nSPS) is 34.8. The molecule has 2 aliphatic rings. The van der Waals surface area contributed by atoms with E-state index in [0.29, 0.717) is 24.7 Å². The molecule has 5 nitrogen and oxygen atoms in total. The summed E-state index contributed by atoms with van der Waals surface area (Å²) in [4.78, 5) is 2.46. The van der Waals surface area contributed by atoms with Crippen LogP contribution in [0.1, 0.15) is 32.1 Å². The van der Waals surface area contributed by atoms with Crippen LogP contribution in [0.15, 0.2) is 0 Å². The van der Waals surface area contributed by atoms with Gasteiger partial charge in [0, 0.05) is 31.2 Å². The Morgan fingerprint density at radius 3 is 2.41 bits per heavy atom. The van der Waals surface area contributed by atoms with Gasteiger partial charge in [-0.1, -0.05) is 6.42 Å². The van der Waals surface area contributed by atoms with Crippen LogP contribution in [-0.4, -0.2) is 50.8 Å². The number of piperidine rings is 2. The van der Waals surface area contributed by atoms with Crippen LogP contribution in [0.2, 0.25) is 0 Å². The van der Waals surface area contributed by atoms with Crippen molar-refractivity contribution in [3.63, 3.8) is 0 Å². The van der Waals surface area contributed by atoms with Crippen LogP contribution >= 0.6 is 0 Å². The fraction of sp³-hybridized carbons (Fsp3) is 1.00. The molecule has 0 aromatic carbocycles. The molecular weight excluding hydrogens is 238 g/mol. The molecule has 2 rings (SSSR count). The van der Waals surface area contributed by atoms with Gasteiger partial charge in [0.25, 0.3) is 0 Å². The Morgan fingerprint density at radius 2 is 1.88 bits per heavy atom. The van der Waals surface area contributed by atoms with E-state index in [1.807, 2.05) is 0 Å². The Morgan fingerprint density at radius 1 is 1.29 bits per heavy atom. The van der Waals surface area contributed by atoms with Crippen molar-refractivity contribution in [1.82, 2.24) is 9.62 Å². The highest BCUT2D eigenvalue weighted by atomic mass is 32.2. The average Bonchev–Trinajstić information content (AvgIpc) is 2.17. The highest BCUT2D eigenvalue weighted by Gasteiger charge is 2.36. The summed E-state index contributed by atoms with van der Waals surface area (Å²) in [6.07, 6.45) is 7.05. The van der Waals surface area contributed by atoms with Crippen LogP contribution in [0.25, 0.3) is 0 Å². The first-order valence-electron chi connectivity index (χ1n) is 6.41. The molecule has 0 aromatic rings. The van der Waals surface area contributed by atoms with Crippen LogP contribution in [0.5, 0.6) is 0 Å². The lowest BCUT2D eigenvalue weighted by atomic mass is 9.82. The minimum Gasteiger partial charge on any atom is -0.328 e. The number of nitrogens with one attached hydrogen (secondary N) is 1. The number of nitrogens with two attached hydrogens (primary N) is 1. The van der Waals surface area contributed by atoms with E-state index in [2.05, 4.69) is 9.62 Å². The predicted octanol–water partition coefficient (Wildman–Crippen LogP) is -0.120. The summed E-state index contributed by atoms with van der Waals surface area (Å²) in [7, 11) is -3.06. The summed E-state index contributed by atoms with van der Waals surface area (Å²) in [5.41, 5.74) is 6.05. The SMILES string of the molecule is CS(=O)(=O)NCCN1C2CCCC1CC(N)C2. The molecule has 17 heavy (non-hydrogen) atoms. The maximum absolute atomic E-state index is 11.0. The Kier molecular flexibility index (Phi) is 4.07. The Bertz CT molecular complexity index is 344. The lowest BCUT2D eigenvalue weighted by Crippen LogP contribution is -2.56. The molecule has 0 aliphatic carbocycles. The number of hydrogen-bond acceptors (Lipinski definition) is 4. The number of sulfonamides is 1. The van der Waals surface area contributed by atoms with E-state index in [-0.39, 0.29) is 0 Å². The van der Waals surface area contributed by atoms with E-state index in [0.717, 1.165) is 19.4 Å². The number of fused-ring (bicyclic) bond motifs is 2. The second kappa shape index (κ2) is 5.22. The largest absolute Gasteiger partial charge is 0.328 e. The Balaban J connectivity index is 1.87. The highest BCUT2D eigenvalue weighted by molar-refractivity contribution is 7.88. The van der Waals surface area contributed by atoms with Crippen molar-refractivity contribution in [3.05, 3.63) is 0 Å². The second-order valence-electron chi connectivity index (χ2n) is 5.37. The first-order valence-corrected chi connectivity index (χ1v) is 8.31. The zero-order valence-electron chi connectivity index (χ0n) is 10.4. The quantitative estimate of drug-likeness (QED) is 0.740. The van der Waals surface area contributed by atoms with Crippen molar-refractivity contribution in [1.29, 1.82) is 0 Å². The number of nitrogens with zero attached hydrogens (tertiary/aromatic N) is 1. The zero-order valence-corrected chi connectivity index (χ0v) is 11.2. The van der Waals surface area contributed by atoms with Gasteiger partial charge in [-0.3, -0.25) is 4.90 Å². The monoisotopic (exact) mass is 261 g/mol. The molecule has 0 aromatic heterocycles. The van der Waals surface area contributed by atoms with Crippen LogP contribution in [0, 0.1) is 0 Å². The first kappa shape index (κ1) is 13.3. The van der Waals surface area contributed by atoms with Crippen LogP contribution in [-0.2, 0) is 10.0 Å². The average molecular weight is 261 g/mol. The standard InChI is InChI=1S/C11H23N3O2S/c1-17(15,16)13-5-6-14-10-3-2-4-11(14)8-9(12)7-10/h9-11,13H,2-8,12H2,1H3. The third-order valence-electron chi connectivity index (χ3n) is 3.90. The van der Waals surface area contributed by atoms with Gasteiger partial charge < -0.3 is 5.73 Å². The molecule has 0 amide bonds. The summed E-state index contributed by atoms with van der Waals surface area (Å²) in [6, 6.07) is 1.47. The molecule has 6 heteroatoms. The molecule has 100 valence electrons. The second-order valence-corrected chi connectivity index (χ2v) is 7.21. The summed E-state index contributed by atoms with van der Waals surface area (Å²) in [5, 5.41) is 0. The zero-order chi connectivity index (χ0) is 12.5. The number of rotatable bonds is 4. The van der Waals surface area contributed by atoms with Crippen molar-refractivity contribution in [2.75, 3.05) is 19.3 Å². The minimum atomic E-state index is -3.06. The maximum atomic E-state index is 11.0. The molecule has 2 heterocycles. The lowest BCUT2D eigenvalue weighted by molar-refractivity contribution is 0.0338. The van der Waals surface area contributed by atoms with E-state index in [4.69, 9.17) is 5.73 Å². The predicted molar refractivity (Wildman–Crippen MR) is 68.2 cm³/mol. The van der Waals surface area contributed by atoms with Gasteiger partial charge in [-0.2, -0.15) is 0 Å². The molecule has 2 bridgehead atoms. The van der Waals surface area contributed by atoms with Crippen molar-refractivity contribution in [2.45, 2.75) is 50.2 Å². The van der Waals surface area contributed by atoms with Crippen LogP contribution in [0.4, 0.5) is 0 Å². The molecule has 0 saturated carbocycles. The molecule has 2 atom stereocenters. The summed E-state index contributed by atoms with van der Waals surface area (Å²) >= 11 is 0. The molecule has 0 spiro atoms. The van der Waals surface area contributed by atoms with Gasteiger partial charge in [0.15, 0.2) is 0 Å². The van der Waals surface area contributed by atoms with Gasteiger partial charge in [0.05, 0.1) is 6.26 Å². The minimum absolute atomic E-state index is 0.337. The van der Waals surface area contributed by atoms with Crippen molar-refractivity contribution in [2.24, 2.45) is 5.73 Å². The Labute approximate surface area is 104 Å². The molecule has 2 fully saturated rings. The van der Waals surface area contributed by atoms with Gasteiger partial charge in [-0.15, -0.1) is 0 Å². The van der Waals surface area contributed by atoms with Crippen molar-refractivity contribution >= 4 is 10.0 Å². The topological polar surface area (TPSA) is 75.4 Å². The fourth-order valence-corrected chi connectivity index (χ4v) is 3.71.